The summed E-state index contributed by atoms with van der Waals surface area (Å²) in [7, 11) is 2.97. The molecule has 0 heterocycles. The SMILES string of the molecule is COC1=CC(Cl)(OC)C=CC1NC(=O)c1cc2ccccc2cc1O. The molecule has 5 nitrogen and oxygen atoms in total. The molecule has 0 bridgehead atoms. The largest absolute Gasteiger partial charge is 0.507 e. The van der Waals surface area contributed by atoms with E-state index in [0.29, 0.717) is 5.76 Å². The lowest BCUT2D eigenvalue weighted by atomic mass is 10.0. The molecule has 3 rings (SSSR count). The number of alkyl halides is 1. The van der Waals surface area contributed by atoms with Gasteiger partial charge in [0.1, 0.15) is 17.6 Å². The highest BCUT2D eigenvalue weighted by Crippen LogP contribution is 2.29. The van der Waals surface area contributed by atoms with E-state index in [9.17, 15) is 9.90 Å². The lowest BCUT2D eigenvalue weighted by molar-refractivity contribution is 0.0927. The zero-order chi connectivity index (χ0) is 18.0. The number of amides is 1. The van der Waals surface area contributed by atoms with E-state index in [1.54, 1.807) is 30.4 Å². The summed E-state index contributed by atoms with van der Waals surface area (Å²) in [6.45, 7) is 0. The smallest absolute Gasteiger partial charge is 0.255 e. The van der Waals surface area contributed by atoms with Crippen molar-refractivity contribution >= 4 is 28.3 Å². The van der Waals surface area contributed by atoms with Crippen LogP contribution in [0.1, 0.15) is 10.4 Å². The average Bonchev–Trinajstić information content (AvgIpc) is 2.62. The van der Waals surface area contributed by atoms with Crippen LogP contribution in [-0.4, -0.2) is 36.3 Å². The topological polar surface area (TPSA) is 67.8 Å². The number of rotatable bonds is 4. The van der Waals surface area contributed by atoms with Gasteiger partial charge in [-0.25, -0.2) is 0 Å². The summed E-state index contributed by atoms with van der Waals surface area (Å²) in [6, 6.07) is 10.2. The van der Waals surface area contributed by atoms with Crippen molar-refractivity contribution in [1.29, 1.82) is 0 Å². The average molecular weight is 360 g/mol. The van der Waals surface area contributed by atoms with Crippen molar-refractivity contribution in [3.63, 3.8) is 0 Å². The molecule has 1 aliphatic carbocycles. The van der Waals surface area contributed by atoms with Crippen LogP contribution >= 0.6 is 11.6 Å². The Hall–Kier alpha value is -2.50. The Morgan fingerprint density at radius 2 is 1.92 bits per heavy atom. The summed E-state index contributed by atoms with van der Waals surface area (Å²) < 4.78 is 10.5. The summed E-state index contributed by atoms with van der Waals surface area (Å²) in [5, 5.41) is 13.6. The molecular weight excluding hydrogens is 342 g/mol. The van der Waals surface area contributed by atoms with E-state index in [0.717, 1.165) is 10.8 Å². The van der Waals surface area contributed by atoms with Gasteiger partial charge in [0.25, 0.3) is 5.91 Å². The third kappa shape index (κ3) is 3.48. The summed E-state index contributed by atoms with van der Waals surface area (Å²) in [4.78, 5) is 12.6. The van der Waals surface area contributed by atoms with Crippen molar-refractivity contribution < 1.29 is 19.4 Å². The van der Waals surface area contributed by atoms with Crippen LogP contribution in [0.3, 0.4) is 0 Å². The summed E-state index contributed by atoms with van der Waals surface area (Å²) in [6.07, 6.45) is 4.90. The van der Waals surface area contributed by atoms with Gasteiger partial charge in [-0.05, 0) is 29.0 Å². The van der Waals surface area contributed by atoms with Crippen LogP contribution in [0.15, 0.2) is 60.4 Å². The molecule has 0 fully saturated rings. The molecule has 2 unspecified atom stereocenters. The highest BCUT2D eigenvalue weighted by molar-refractivity contribution is 6.25. The molecule has 2 N–H and O–H groups in total. The molecule has 2 atom stereocenters. The first-order valence-electron chi connectivity index (χ1n) is 7.68. The van der Waals surface area contributed by atoms with Gasteiger partial charge in [-0.2, -0.15) is 0 Å². The first kappa shape index (κ1) is 17.3. The number of methoxy groups -OCH3 is 2. The van der Waals surface area contributed by atoms with Gasteiger partial charge in [0, 0.05) is 13.2 Å². The fourth-order valence-electron chi connectivity index (χ4n) is 2.72. The maximum Gasteiger partial charge on any atom is 0.255 e. The van der Waals surface area contributed by atoms with Gasteiger partial charge in [0.2, 0.25) is 0 Å². The van der Waals surface area contributed by atoms with Crippen molar-refractivity contribution in [1.82, 2.24) is 5.32 Å². The number of hydrogen-bond donors (Lipinski definition) is 2. The van der Waals surface area contributed by atoms with E-state index >= 15 is 0 Å². The van der Waals surface area contributed by atoms with Gasteiger partial charge in [0.05, 0.1) is 12.7 Å². The van der Waals surface area contributed by atoms with Crippen LogP contribution in [-0.2, 0) is 9.47 Å². The standard InChI is InChI=1S/C19H18ClNO4/c1-24-17-11-19(20,25-2)8-7-15(17)21-18(23)14-9-12-5-3-4-6-13(12)10-16(14)22/h3-11,15,22H,1-2H3,(H,21,23). The quantitative estimate of drug-likeness (QED) is 0.649. The van der Waals surface area contributed by atoms with Crippen molar-refractivity contribution in [3.05, 3.63) is 65.9 Å². The van der Waals surface area contributed by atoms with E-state index in [1.165, 1.54) is 14.2 Å². The minimum atomic E-state index is -1.10. The number of ether oxygens (including phenoxy) is 2. The fraction of sp³-hybridized carbons (Fsp3) is 0.211. The number of nitrogens with one attached hydrogen (secondary N) is 1. The number of fused-ring (bicyclic) bond motifs is 1. The van der Waals surface area contributed by atoms with Crippen molar-refractivity contribution in [2.45, 2.75) is 11.1 Å². The number of carbonyl (C=O) groups excluding carboxylic acids is 1. The van der Waals surface area contributed by atoms with Gasteiger partial charge in [-0.15, -0.1) is 0 Å². The van der Waals surface area contributed by atoms with Crippen molar-refractivity contribution in [3.8, 4) is 5.75 Å². The molecule has 1 amide bonds. The zero-order valence-corrected chi connectivity index (χ0v) is 14.6. The van der Waals surface area contributed by atoms with Crippen molar-refractivity contribution in [2.75, 3.05) is 14.2 Å². The van der Waals surface area contributed by atoms with E-state index in [4.69, 9.17) is 21.1 Å². The molecule has 0 saturated heterocycles. The van der Waals surface area contributed by atoms with Gasteiger partial charge in [-0.3, -0.25) is 4.79 Å². The lowest BCUT2D eigenvalue weighted by Crippen LogP contribution is -2.39. The maximum atomic E-state index is 12.6. The summed E-state index contributed by atoms with van der Waals surface area (Å²) in [5.41, 5.74) is 0.192. The summed E-state index contributed by atoms with van der Waals surface area (Å²) >= 11 is 6.22. The second-order valence-electron chi connectivity index (χ2n) is 5.68. The monoisotopic (exact) mass is 359 g/mol. The zero-order valence-electron chi connectivity index (χ0n) is 13.8. The second kappa shape index (κ2) is 6.78. The van der Waals surface area contributed by atoms with Crippen LogP contribution in [0.5, 0.6) is 5.75 Å². The Kier molecular flexibility index (Phi) is 4.70. The Labute approximate surface area is 150 Å². The number of hydrogen-bond acceptors (Lipinski definition) is 4. The van der Waals surface area contributed by atoms with E-state index in [1.807, 2.05) is 24.3 Å². The van der Waals surface area contributed by atoms with Gasteiger partial charge in [0.15, 0.2) is 5.06 Å². The molecule has 2 aromatic rings. The predicted molar refractivity (Wildman–Crippen MR) is 96.7 cm³/mol. The van der Waals surface area contributed by atoms with Crippen LogP contribution in [0.2, 0.25) is 0 Å². The molecule has 0 spiro atoms. The molecule has 0 radical (unpaired) electrons. The first-order valence-corrected chi connectivity index (χ1v) is 8.06. The molecule has 1 aliphatic rings. The number of phenolic OH excluding ortho intramolecular Hbond substituents is 1. The van der Waals surface area contributed by atoms with E-state index in [-0.39, 0.29) is 11.3 Å². The van der Waals surface area contributed by atoms with Crippen LogP contribution in [0.25, 0.3) is 10.8 Å². The van der Waals surface area contributed by atoms with Gasteiger partial charge >= 0.3 is 0 Å². The Morgan fingerprint density at radius 3 is 2.56 bits per heavy atom. The molecule has 130 valence electrons. The number of carbonyl (C=O) groups is 1. The molecule has 0 saturated carbocycles. The molecule has 2 aromatic carbocycles. The van der Waals surface area contributed by atoms with E-state index < -0.39 is 17.0 Å². The Balaban J connectivity index is 1.86. The highest BCUT2D eigenvalue weighted by atomic mass is 35.5. The number of halogens is 1. The number of phenols is 1. The molecule has 0 aliphatic heterocycles. The molecule has 25 heavy (non-hydrogen) atoms. The van der Waals surface area contributed by atoms with Gasteiger partial charge in [-0.1, -0.05) is 41.9 Å². The van der Waals surface area contributed by atoms with Crippen molar-refractivity contribution in [2.24, 2.45) is 0 Å². The Morgan fingerprint density at radius 1 is 1.24 bits per heavy atom. The minimum Gasteiger partial charge on any atom is -0.507 e. The first-order chi connectivity index (χ1) is 12.0. The normalized spacial score (nSPS) is 22.5. The third-order valence-corrected chi connectivity index (χ3v) is 4.49. The molecule has 0 aromatic heterocycles. The maximum absolute atomic E-state index is 12.6. The predicted octanol–water partition coefficient (Wildman–Crippen LogP) is 3.33. The second-order valence-corrected chi connectivity index (χ2v) is 6.27. The van der Waals surface area contributed by atoms with Crippen LogP contribution in [0.4, 0.5) is 0 Å². The molecule has 6 heteroatoms. The van der Waals surface area contributed by atoms with Crippen LogP contribution < -0.4 is 5.32 Å². The fourth-order valence-corrected chi connectivity index (χ4v) is 2.90. The minimum absolute atomic E-state index is 0.0810. The lowest BCUT2D eigenvalue weighted by Gasteiger charge is -2.27. The number of aromatic hydroxyl groups is 1. The highest BCUT2D eigenvalue weighted by Gasteiger charge is 2.30. The van der Waals surface area contributed by atoms with E-state index in [2.05, 4.69) is 5.32 Å². The molecular formula is C19H18ClNO4. The third-order valence-electron chi connectivity index (χ3n) is 4.11. The Bertz CT molecular complexity index is 877. The van der Waals surface area contributed by atoms with Crippen LogP contribution in [0, 0.1) is 0 Å². The number of benzene rings is 2. The summed E-state index contributed by atoms with van der Waals surface area (Å²) in [5.74, 6) is -0.0455. The van der Waals surface area contributed by atoms with Gasteiger partial charge < -0.3 is 19.9 Å².